The number of benzene rings is 3. The van der Waals surface area contributed by atoms with Gasteiger partial charge in [0.05, 0.1) is 28.3 Å². The summed E-state index contributed by atoms with van der Waals surface area (Å²) >= 11 is 11.9. The lowest BCUT2D eigenvalue weighted by Crippen LogP contribution is -2.16. The number of carbonyl (C=O) groups excluding carboxylic acids is 1. The Morgan fingerprint density at radius 1 is 1.00 bits per heavy atom. The topological polar surface area (TPSA) is 84.5 Å². The van der Waals surface area contributed by atoms with Crippen LogP contribution in [0.4, 0.5) is 11.4 Å². The molecule has 0 aromatic heterocycles. The second kappa shape index (κ2) is 8.95. The van der Waals surface area contributed by atoms with Gasteiger partial charge in [0.15, 0.2) is 0 Å². The molecule has 0 aliphatic heterocycles. The molecule has 0 saturated carbocycles. The quantitative estimate of drug-likeness (QED) is 0.513. The van der Waals surface area contributed by atoms with Crippen LogP contribution in [0.25, 0.3) is 0 Å². The summed E-state index contributed by atoms with van der Waals surface area (Å²) in [6.45, 7) is 1.67. The number of nitrogens with one attached hydrogen (secondary N) is 2. The van der Waals surface area contributed by atoms with E-state index >= 15 is 0 Å². The molecule has 0 unspecified atom stereocenters. The minimum Gasteiger partial charge on any atom is -0.495 e. The van der Waals surface area contributed by atoms with Gasteiger partial charge in [-0.3, -0.25) is 9.52 Å². The van der Waals surface area contributed by atoms with Crippen LogP contribution in [-0.4, -0.2) is 21.4 Å². The molecule has 156 valence electrons. The summed E-state index contributed by atoms with van der Waals surface area (Å²) in [5, 5.41) is 3.26. The van der Waals surface area contributed by atoms with Gasteiger partial charge in [0, 0.05) is 10.7 Å². The lowest BCUT2D eigenvalue weighted by molar-refractivity contribution is 0.102. The fourth-order valence-electron chi connectivity index (χ4n) is 2.77. The summed E-state index contributed by atoms with van der Waals surface area (Å²) in [5.74, 6) is -0.0953. The fraction of sp³-hybridized carbons (Fsp3) is 0.0952. The Kier molecular flexibility index (Phi) is 6.55. The van der Waals surface area contributed by atoms with Crippen molar-refractivity contribution >= 4 is 50.5 Å². The third-order valence-electron chi connectivity index (χ3n) is 4.26. The summed E-state index contributed by atoms with van der Waals surface area (Å²) in [4.78, 5) is 12.6. The molecule has 0 heterocycles. The lowest BCUT2D eigenvalue weighted by Gasteiger charge is -2.14. The standard InChI is InChI=1S/C21H18Cl2N2O4S/c1-13-7-9-15(24-21(26)16-10-8-14(22)11-17(16)23)12-20(13)30(27,28)25-18-5-3-4-6-19(18)29-2/h3-12,25H,1-2H3,(H,24,26). The van der Waals surface area contributed by atoms with Crippen molar-refractivity contribution < 1.29 is 17.9 Å². The first-order valence-electron chi connectivity index (χ1n) is 8.74. The van der Waals surface area contributed by atoms with Gasteiger partial charge >= 0.3 is 0 Å². The molecule has 2 N–H and O–H groups in total. The van der Waals surface area contributed by atoms with Crippen LogP contribution in [-0.2, 0) is 10.0 Å². The summed E-state index contributed by atoms with van der Waals surface area (Å²) in [7, 11) is -2.48. The predicted octanol–water partition coefficient (Wildman–Crippen LogP) is 5.36. The highest BCUT2D eigenvalue weighted by Crippen LogP contribution is 2.29. The Morgan fingerprint density at radius 3 is 2.43 bits per heavy atom. The molecule has 30 heavy (non-hydrogen) atoms. The molecule has 3 aromatic rings. The van der Waals surface area contributed by atoms with Crippen molar-refractivity contribution in [3.63, 3.8) is 0 Å². The predicted molar refractivity (Wildman–Crippen MR) is 119 cm³/mol. The van der Waals surface area contributed by atoms with Crippen molar-refractivity contribution in [2.24, 2.45) is 0 Å². The number of hydrogen-bond acceptors (Lipinski definition) is 4. The molecule has 0 radical (unpaired) electrons. The third-order valence-corrected chi connectivity index (χ3v) is 6.32. The van der Waals surface area contributed by atoms with Gasteiger partial charge in [0.2, 0.25) is 0 Å². The Bertz CT molecular complexity index is 1210. The second-order valence-electron chi connectivity index (χ2n) is 6.36. The van der Waals surface area contributed by atoms with Crippen LogP contribution < -0.4 is 14.8 Å². The van der Waals surface area contributed by atoms with Crippen LogP contribution in [0.5, 0.6) is 5.75 Å². The molecule has 0 aliphatic rings. The van der Waals surface area contributed by atoms with Crippen molar-refractivity contribution in [3.8, 4) is 5.75 Å². The molecular weight excluding hydrogens is 447 g/mol. The molecule has 0 fully saturated rings. The van der Waals surface area contributed by atoms with Crippen molar-refractivity contribution in [3.05, 3.63) is 81.8 Å². The van der Waals surface area contributed by atoms with E-state index in [1.165, 1.54) is 25.3 Å². The first-order valence-corrected chi connectivity index (χ1v) is 11.0. The van der Waals surface area contributed by atoms with Crippen molar-refractivity contribution in [1.29, 1.82) is 0 Å². The van der Waals surface area contributed by atoms with Crippen molar-refractivity contribution in [1.82, 2.24) is 0 Å². The van der Waals surface area contributed by atoms with Gasteiger partial charge in [-0.25, -0.2) is 8.42 Å². The number of methoxy groups -OCH3 is 1. The Balaban J connectivity index is 1.90. The van der Waals surface area contributed by atoms with Crippen molar-refractivity contribution in [2.45, 2.75) is 11.8 Å². The minimum atomic E-state index is -3.94. The van der Waals surface area contributed by atoms with Crippen LogP contribution in [0.1, 0.15) is 15.9 Å². The molecule has 3 rings (SSSR count). The van der Waals surface area contributed by atoms with E-state index in [1.807, 2.05) is 0 Å². The zero-order valence-electron chi connectivity index (χ0n) is 16.1. The van der Waals surface area contributed by atoms with E-state index in [9.17, 15) is 13.2 Å². The number of halogens is 2. The van der Waals surface area contributed by atoms with Gasteiger partial charge in [-0.1, -0.05) is 41.4 Å². The smallest absolute Gasteiger partial charge is 0.262 e. The van der Waals surface area contributed by atoms with E-state index < -0.39 is 15.9 Å². The Morgan fingerprint density at radius 2 is 1.73 bits per heavy atom. The highest BCUT2D eigenvalue weighted by atomic mass is 35.5. The Labute approximate surface area is 184 Å². The average molecular weight is 465 g/mol. The molecule has 0 saturated heterocycles. The zero-order chi connectivity index (χ0) is 21.9. The molecule has 6 nitrogen and oxygen atoms in total. The first kappa shape index (κ1) is 22.0. The molecule has 0 atom stereocenters. The van der Waals surface area contributed by atoms with Gasteiger partial charge in [-0.15, -0.1) is 0 Å². The number of rotatable bonds is 6. The molecule has 3 aromatic carbocycles. The van der Waals surface area contributed by atoms with E-state index in [1.54, 1.807) is 49.4 Å². The van der Waals surface area contributed by atoms with E-state index in [0.717, 1.165) is 0 Å². The third kappa shape index (κ3) is 4.87. The van der Waals surface area contributed by atoms with Gasteiger partial charge in [-0.05, 0) is 55.0 Å². The second-order valence-corrected chi connectivity index (χ2v) is 8.86. The molecule has 0 bridgehead atoms. The Hall–Kier alpha value is -2.74. The number of sulfonamides is 1. The highest BCUT2D eigenvalue weighted by molar-refractivity contribution is 7.92. The summed E-state index contributed by atoms with van der Waals surface area (Å²) in [5.41, 5.74) is 1.34. The molecule has 9 heteroatoms. The molecule has 0 spiro atoms. The first-order chi connectivity index (χ1) is 14.2. The van der Waals surface area contributed by atoms with Crippen LogP contribution in [0.15, 0.2) is 65.6 Å². The van der Waals surface area contributed by atoms with Gasteiger partial charge < -0.3 is 10.1 Å². The lowest BCUT2D eigenvalue weighted by atomic mass is 10.2. The van der Waals surface area contributed by atoms with E-state index in [4.69, 9.17) is 27.9 Å². The van der Waals surface area contributed by atoms with E-state index in [2.05, 4.69) is 10.0 Å². The highest BCUT2D eigenvalue weighted by Gasteiger charge is 2.20. The fourth-order valence-corrected chi connectivity index (χ4v) is 4.60. The maximum absolute atomic E-state index is 13.0. The number of hydrogen-bond donors (Lipinski definition) is 2. The largest absolute Gasteiger partial charge is 0.495 e. The van der Waals surface area contributed by atoms with Crippen LogP contribution in [0, 0.1) is 6.92 Å². The normalized spacial score (nSPS) is 11.1. The van der Waals surface area contributed by atoms with Crippen molar-refractivity contribution in [2.75, 3.05) is 17.1 Å². The van der Waals surface area contributed by atoms with Gasteiger partial charge in [0.1, 0.15) is 5.75 Å². The minimum absolute atomic E-state index is 0.0217. The zero-order valence-corrected chi connectivity index (χ0v) is 18.4. The number of para-hydroxylation sites is 2. The van der Waals surface area contributed by atoms with E-state index in [-0.39, 0.29) is 15.5 Å². The number of ether oxygens (including phenoxy) is 1. The van der Waals surface area contributed by atoms with Crippen LogP contribution in [0.2, 0.25) is 10.0 Å². The number of aryl methyl sites for hydroxylation is 1. The van der Waals surface area contributed by atoms with Gasteiger partial charge in [0.25, 0.3) is 15.9 Å². The molecular formula is C21H18Cl2N2O4S. The summed E-state index contributed by atoms with van der Waals surface area (Å²) < 4.78 is 33.7. The summed E-state index contributed by atoms with van der Waals surface area (Å²) in [6, 6.07) is 15.8. The maximum atomic E-state index is 13.0. The number of carbonyl (C=O) groups is 1. The molecule has 1 amide bonds. The number of amides is 1. The monoisotopic (exact) mass is 464 g/mol. The molecule has 0 aliphatic carbocycles. The summed E-state index contributed by atoms with van der Waals surface area (Å²) in [6.07, 6.45) is 0. The average Bonchev–Trinajstić information content (AvgIpc) is 2.69. The van der Waals surface area contributed by atoms with Crippen LogP contribution in [0.3, 0.4) is 0 Å². The SMILES string of the molecule is COc1ccccc1NS(=O)(=O)c1cc(NC(=O)c2ccc(Cl)cc2Cl)ccc1C. The number of anilines is 2. The maximum Gasteiger partial charge on any atom is 0.262 e. The van der Waals surface area contributed by atoms with Crippen LogP contribution >= 0.6 is 23.2 Å². The van der Waals surface area contributed by atoms with Gasteiger partial charge in [-0.2, -0.15) is 0 Å². The van der Waals surface area contributed by atoms with E-state index in [0.29, 0.717) is 27.7 Å².